The van der Waals surface area contributed by atoms with Crippen LogP contribution in [0.1, 0.15) is 25.7 Å². The van der Waals surface area contributed by atoms with Gasteiger partial charge in [0.05, 0.1) is 0 Å². The van der Waals surface area contributed by atoms with Crippen molar-refractivity contribution in [2.75, 3.05) is 5.75 Å². The lowest BCUT2D eigenvalue weighted by molar-refractivity contribution is -0.0329. The van der Waals surface area contributed by atoms with E-state index in [-0.39, 0.29) is 23.1 Å². The van der Waals surface area contributed by atoms with Gasteiger partial charge in [-0.1, -0.05) is 11.8 Å². The Morgan fingerprint density at radius 2 is 1.92 bits per heavy atom. The molecule has 1 nitrogen and oxygen atoms in total. The number of hydrogen-bond donors (Lipinski definition) is 1. The van der Waals surface area contributed by atoms with Crippen LogP contribution in [0, 0.1) is 0 Å². The first kappa shape index (κ1) is 10.2. The summed E-state index contributed by atoms with van der Waals surface area (Å²) in [6.45, 7) is 0. The Hall–Kier alpha value is 0.100. The van der Waals surface area contributed by atoms with Crippen LogP contribution in [0.15, 0.2) is 0 Å². The SMILES string of the molecule is NC1(CCSC(F)(F)F)CCC1. The molecule has 0 spiro atoms. The molecule has 0 amide bonds. The zero-order chi connectivity index (χ0) is 9.24. The first-order chi connectivity index (χ1) is 5.41. The van der Waals surface area contributed by atoms with Gasteiger partial charge in [-0.2, -0.15) is 13.2 Å². The highest BCUT2D eigenvalue weighted by molar-refractivity contribution is 8.00. The molecule has 0 aromatic carbocycles. The largest absolute Gasteiger partial charge is 0.441 e. The van der Waals surface area contributed by atoms with Crippen molar-refractivity contribution in [1.82, 2.24) is 0 Å². The summed E-state index contributed by atoms with van der Waals surface area (Å²) < 4.78 is 35.0. The van der Waals surface area contributed by atoms with Crippen LogP contribution in [0.4, 0.5) is 13.2 Å². The molecule has 0 aliphatic heterocycles. The van der Waals surface area contributed by atoms with E-state index in [1.54, 1.807) is 0 Å². The quantitative estimate of drug-likeness (QED) is 0.755. The molecule has 1 rings (SSSR count). The summed E-state index contributed by atoms with van der Waals surface area (Å²) in [7, 11) is 0. The van der Waals surface area contributed by atoms with Crippen LogP contribution in [0.2, 0.25) is 0 Å². The molecule has 5 heteroatoms. The number of halogens is 3. The fourth-order valence-electron chi connectivity index (χ4n) is 1.25. The summed E-state index contributed by atoms with van der Waals surface area (Å²) in [6, 6.07) is 0. The van der Waals surface area contributed by atoms with Gasteiger partial charge < -0.3 is 5.73 Å². The molecule has 0 aromatic heterocycles. The Kier molecular flexibility index (Phi) is 2.93. The van der Waals surface area contributed by atoms with E-state index in [9.17, 15) is 13.2 Å². The number of rotatable bonds is 3. The van der Waals surface area contributed by atoms with Crippen molar-refractivity contribution >= 4 is 11.8 Å². The summed E-state index contributed by atoms with van der Waals surface area (Å²) >= 11 is 0.0297. The summed E-state index contributed by atoms with van der Waals surface area (Å²) in [5, 5.41) is 0. The fraction of sp³-hybridized carbons (Fsp3) is 1.00. The minimum Gasteiger partial charge on any atom is -0.325 e. The summed E-state index contributed by atoms with van der Waals surface area (Å²) in [4.78, 5) is 0. The first-order valence-electron chi connectivity index (χ1n) is 3.91. The Bertz CT molecular complexity index is 153. The van der Waals surface area contributed by atoms with Crippen molar-refractivity contribution in [1.29, 1.82) is 0 Å². The molecule has 72 valence electrons. The van der Waals surface area contributed by atoms with E-state index in [4.69, 9.17) is 5.73 Å². The highest BCUT2D eigenvalue weighted by atomic mass is 32.2. The lowest BCUT2D eigenvalue weighted by atomic mass is 9.76. The summed E-state index contributed by atoms with van der Waals surface area (Å²) in [5.41, 5.74) is 1.37. The number of alkyl halides is 3. The van der Waals surface area contributed by atoms with Crippen molar-refractivity contribution in [2.45, 2.75) is 36.7 Å². The van der Waals surface area contributed by atoms with Crippen LogP contribution in [0.5, 0.6) is 0 Å². The molecule has 0 aromatic rings. The average Bonchev–Trinajstić information content (AvgIpc) is 1.81. The molecular weight excluding hydrogens is 187 g/mol. The third-order valence-electron chi connectivity index (χ3n) is 2.22. The Morgan fingerprint density at radius 3 is 2.25 bits per heavy atom. The van der Waals surface area contributed by atoms with E-state index >= 15 is 0 Å². The van der Waals surface area contributed by atoms with Gasteiger partial charge in [0.15, 0.2) is 0 Å². The minimum absolute atomic E-state index is 0.0297. The lowest BCUT2D eigenvalue weighted by Crippen LogP contribution is -2.46. The van der Waals surface area contributed by atoms with Gasteiger partial charge in [0.2, 0.25) is 0 Å². The van der Waals surface area contributed by atoms with E-state index in [0.717, 1.165) is 19.3 Å². The molecule has 0 saturated heterocycles. The second kappa shape index (κ2) is 3.46. The van der Waals surface area contributed by atoms with Crippen LogP contribution < -0.4 is 5.73 Å². The van der Waals surface area contributed by atoms with Gasteiger partial charge in [-0.3, -0.25) is 0 Å². The van der Waals surface area contributed by atoms with Crippen molar-refractivity contribution in [3.8, 4) is 0 Å². The van der Waals surface area contributed by atoms with Gasteiger partial charge in [-0.05, 0) is 25.7 Å². The van der Waals surface area contributed by atoms with E-state index in [1.807, 2.05) is 0 Å². The summed E-state index contributed by atoms with van der Waals surface area (Å²) in [5.74, 6) is 0.0972. The normalized spacial score (nSPS) is 22.0. The van der Waals surface area contributed by atoms with E-state index in [2.05, 4.69) is 0 Å². The standard InChI is InChI=1S/C7H12F3NS/c8-7(9,10)12-5-4-6(11)2-1-3-6/h1-5,11H2. The molecule has 0 unspecified atom stereocenters. The van der Waals surface area contributed by atoms with E-state index in [0.29, 0.717) is 6.42 Å². The Balaban J connectivity index is 2.10. The van der Waals surface area contributed by atoms with Crippen LogP contribution >= 0.6 is 11.8 Å². The maximum atomic E-state index is 11.7. The molecule has 12 heavy (non-hydrogen) atoms. The predicted molar refractivity (Wildman–Crippen MR) is 43.9 cm³/mol. The molecule has 1 saturated carbocycles. The number of nitrogens with two attached hydrogens (primary N) is 1. The predicted octanol–water partition coefficient (Wildman–Crippen LogP) is 2.51. The molecule has 0 heterocycles. The third kappa shape index (κ3) is 3.23. The van der Waals surface area contributed by atoms with Crippen molar-refractivity contribution < 1.29 is 13.2 Å². The van der Waals surface area contributed by atoms with Crippen molar-refractivity contribution in [3.05, 3.63) is 0 Å². The third-order valence-corrected chi connectivity index (χ3v) is 2.95. The topological polar surface area (TPSA) is 26.0 Å². The lowest BCUT2D eigenvalue weighted by Gasteiger charge is -2.38. The highest BCUT2D eigenvalue weighted by Crippen LogP contribution is 2.36. The van der Waals surface area contributed by atoms with Crippen LogP contribution in [-0.4, -0.2) is 16.8 Å². The van der Waals surface area contributed by atoms with Gasteiger partial charge in [0.1, 0.15) is 0 Å². The molecule has 1 aliphatic carbocycles. The average molecular weight is 199 g/mol. The van der Waals surface area contributed by atoms with Gasteiger partial charge in [-0.25, -0.2) is 0 Å². The van der Waals surface area contributed by atoms with E-state index < -0.39 is 5.51 Å². The van der Waals surface area contributed by atoms with Crippen LogP contribution in [0.3, 0.4) is 0 Å². The van der Waals surface area contributed by atoms with Crippen molar-refractivity contribution in [3.63, 3.8) is 0 Å². The Labute approximate surface area is 73.9 Å². The molecular formula is C7H12F3NS. The fourth-order valence-corrected chi connectivity index (χ4v) is 1.99. The maximum absolute atomic E-state index is 11.7. The second-order valence-electron chi connectivity index (χ2n) is 3.26. The second-order valence-corrected chi connectivity index (χ2v) is 4.42. The maximum Gasteiger partial charge on any atom is 0.441 e. The molecule has 1 fully saturated rings. The molecule has 0 atom stereocenters. The van der Waals surface area contributed by atoms with Gasteiger partial charge >= 0.3 is 5.51 Å². The highest BCUT2D eigenvalue weighted by Gasteiger charge is 2.34. The zero-order valence-electron chi connectivity index (χ0n) is 6.66. The van der Waals surface area contributed by atoms with Gasteiger partial charge in [0.25, 0.3) is 0 Å². The molecule has 0 bridgehead atoms. The molecule has 1 aliphatic rings. The smallest absolute Gasteiger partial charge is 0.325 e. The zero-order valence-corrected chi connectivity index (χ0v) is 7.47. The number of hydrogen-bond acceptors (Lipinski definition) is 2. The van der Waals surface area contributed by atoms with Gasteiger partial charge in [0, 0.05) is 11.3 Å². The molecule has 2 N–H and O–H groups in total. The summed E-state index contributed by atoms with van der Waals surface area (Å²) in [6.07, 6.45) is 3.31. The van der Waals surface area contributed by atoms with Gasteiger partial charge in [-0.15, -0.1) is 0 Å². The Morgan fingerprint density at radius 1 is 1.33 bits per heavy atom. The van der Waals surface area contributed by atoms with Crippen LogP contribution in [0.25, 0.3) is 0 Å². The number of thioether (sulfide) groups is 1. The minimum atomic E-state index is -4.10. The monoisotopic (exact) mass is 199 g/mol. The van der Waals surface area contributed by atoms with Crippen molar-refractivity contribution in [2.24, 2.45) is 5.73 Å². The first-order valence-corrected chi connectivity index (χ1v) is 4.89. The van der Waals surface area contributed by atoms with Crippen LogP contribution in [-0.2, 0) is 0 Å². The van der Waals surface area contributed by atoms with E-state index in [1.165, 1.54) is 0 Å². The molecule has 0 radical (unpaired) electrons.